The van der Waals surface area contributed by atoms with Gasteiger partial charge in [-0.2, -0.15) is 0 Å². The highest BCUT2D eigenvalue weighted by atomic mass is 35.5. The number of nitrogens with zero attached hydrogens (tertiary/aromatic N) is 1. The zero-order valence-corrected chi connectivity index (χ0v) is 13.7. The fraction of sp³-hybridized carbons (Fsp3) is 0.500. The first-order valence-corrected chi connectivity index (χ1v) is 7.28. The molecule has 1 aromatic rings. The van der Waals surface area contributed by atoms with Crippen LogP contribution < -0.4 is 5.32 Å². The predicted molar refractivity (Wildman–Crippen MR) is 85.9 cm³/mol. The van der Waals surface area contributed by atoms with E-state index in [4.69, 9.17) is 23.2 Å². The van der Waals surface area contributed by atoms with Crippen molar-refractivity contribution in [2.75, 3.05) is 20.1 Å². The van der Waals surface area contributed by atoms with Gasteiger partial charge in [-0.1, -0.05) is 29.3 Å². The molecule has 0 bridgehead atoms. The summed E-state index contributed by atoms with van der Waals surface area (Å²) in [5, 5.41) is 4.11. The van der Waals surface area contributed by atoms with Crippen LogP contribution >= 0.6 is 35.6 Å². The van der Waals surface area contributed by atoms with Gasteiger partial charge in [0.2, 0.25) is 5.91 Å². The lowest BCUT2D eigenvalue weighted by Gasteiger charge is -2.25. The number of hydrogen-bond donors (Lipinski definition) is 1. The van der Waals surface area contributed by atoms with Crippen LogP contribution in [0.2, 0.25) is 10.0 Å². The van der Waals surface area contributed by atoms with E-state index in [1.807, 2.05) is 24.1 Å². The van der Waals surface area contributed by atoms with Crippen molar-refractivity contribution in [1.29, 1.82) is 0 Å². The van der Waals surface area contributed by atoms with Crippen LogP contribution in [0.15, 0.2) is 18.2 Å². The van der Waals surface area contributed by atoms with E-state index in [-0.39, 0.29) is 24.4 Å². The lowest BCUT2D eigenvalue weighted by Crippen LogP contribution is -2.32. The van der Waals surface area contributed by atoms with Gasteiger partial charge in [0.25, 0.3) is 0 Å². The Balaban J connectivity index is 0.00000200. The number of carbonyl (C=O) groups excluding carboxylic acids is 1. The van der Waals surface area contributed by atoms with E-state index in [9.17, 15) is 4.79 Å². The first kappa shape index (κ1) is 17.6. The number of hydrogen-bond acceptors (Lipinski definition) is 2. The van der Waals surface area contributed by atoms with Gasteiger partial charge in [0.1, 0.15) is 0 Å². The fourth-order valence-electron chi connectivity index (χ4n) is 2.51. The molecule has 0 spiro atoms. The van der Waals surface area contributed by atoms with Crippen molar-refractivity contribution in [3.05, 3.63) is 33.8 Å². The molecule has 0 saturated carbocycles. The molecule has 0 aliphatic carbocycles. The summed E-state index contributed by atoms with van der Waals surface area (Å²) in [5.74, 6) is 0.197. The summed E-state index contributed by atoms with van der Waals surface area (Å²) in [7, 11) is 1.85. The molecule has 1 unspecified atom stereocenters. The Kier molecular flexibility index (Phi) is 7.10. The number of amides is 1. The molecule has 0 radical (unpaired) electrons. The summed E-state index contributed by atoms with van der Waals surface area (Å²) in [5.41, 5.74) is 1.07. The molecule has 1 amide bonds. The monoisotopic (exact) mass is 336 g/mol. The van der Waals surface area contributed by atoms with Crippen molar-refractivity contribution in [3.8, 4) is 0 Å². The molecule has 2 rings (SSSR count). The van der Waals surface area contributed by atoms with Gasteiger partial charge < -0.3 is 10.2 Å². The SMILES string of the molecule is CNCCC(=O)N1CCCC1c1ccc(Cl)c(Cl)c1.Cl. The number of benzene rings is 1. The highest BCUT2D eigenvalue weighted by Crippen LogP contribution is 2.35. The Bertz CT molecular complexity index is 468. The van der Waals surface area contributed by atoms with Crippen LogP contribution in [-0.2, 0) is 4.79 Å². The van der Waals surface area contributed by atoms with Crippen molar-refractivity contribution in [3.63, 3.8) is 0 Å². The number of likely N-dealkylation sites (tertiary alicyclic amines) is 1. The molecule has 1 saturated heterocycles. The molecular formula is C14H19Cl3N2O. The Morgan fingerprint density at radius 2 is 2.15 bits per heavy atom. The van der Waals surface area contributed by atoms with Crippen molar-refractivity contribution in [2.45, 2.75) is 25.3 Å². The minimum atomic E-state index is 0. The van der Waals surface area contributed by atoms with Crippen LogP contribution in [0.4, 0.5) is 0 Å². The molecule has 0 aromatic heterocycles. The lowest BCUT2D eigenvalue weighted by atomic mass is 10.0. The molecule has 1 atom stereocenters. The molecule has 1 aliphatic rings. The maximum Gasteiger partial charge on any atom is 0.224 e. The summed E-state index contributed by atoms with van der Waals surface area (Å²) >= 11 is 12.0. The van der Waals surface area contributed by atoms with E-state index in [1.165, 1.54) is 0 Å². The van der Waals surface area contributed by atoms with E-state index in [0.29, 0.717) is 23.0 Å². The van der Waals surface area contributed by atoms with Gasteiger partial charge in [-0.15, -0.1) is 12.4 Å². The van der Waals surface area contributed by atoms with E-state index in [1.54, 1.807) is 6.07 Å². The smallest absolute Gasteiger partial charge is 0.224 e. The Morgan fingerprint density at radius 1 is 1.40 bits per heavy atom. The van der Waals surface area contributed by atoms with Crippen LogP contribution in [0.25, 0.3) is 0 Å². The molecular weight excluding hydrogens is 319 g/mol. The zero-order chi connectivity index (χ0) is 13.8. The molecule has 1 aromatic carbocycles. The first-order chi connectivity index (χ1) is 9.13. The summed E-state index contributed by atoms with van der Waals surface area (Å²) in [6, 6.07) is 5.77. The number of halogens is 3. The number of carbonyl (C=O) groups is 1. The van der Waals surface area contributed by atoms with E-state index in [0.717, 1.165) is 24.9 Å². The van der Waals surface area contributed by atoms with Crippen molar-refractivity contribution < 1.29 is 4.79 Å². The first-order valence-electron chi connectivity index (χ1n) is 6.52. The highest BCUT2D eigenvalue weighted by molar-refractivity contribution is 6.42. The third-order valence-electron chi connectivity index (χ3n) is 3.49. The van der Waals surface area contributed by atoms with Crippen molar-refractivity contribution in [2.24, 2.45) is 0 Å². The van der Waals surface area contributed by atoms with Crippen LogP contribution in [0.1, 0.15) is 30.9 Å². The maximum absolute atomic E-state index is 12.2. The molecule has 1 N–H and O–H groups in total. The van der Waals surface area contributed by atoms with Crippen molar-refractivity contribution in [1.82, 2.24) is 10.2 Å². The van der Waals surface area contributed by atoms with Crippen LogP contribution in [0.5, 0.6) is 0 Å². The summed E-state index contributed by atoms with van der Waals surface area (Å²) < 4.78 is 0. The van der Waals surface area contributed by atoms with E-state index >= 15 is 0 Å². The van der Waals surface area contributed by atoms with Gasteiger partial charge in [0.05, 0.1) is 16.1 Å². The Hall–Kier alpha value is -0.480. The topological polar surface area (TPSA) is 32.3 Å². The second-order valence-electron chi connectivity index (χ2n) is 4.77. The fourth-order valence-corrected chi connectivity index (χ4v) is 2.81. The van der Waals surface area contributed by atoms with E-state index in [2.05, 4.69) is 5.32 Å². The van der Waals surface area contributed by atoms with Gasteiger partial charge in [-0.05, 0) is 37.6 Å². The van der Waals surface area contributed by atoms with Crippen LogP contribution in [0, 0.1) is 0 Å². The van der Waals surface area contributed by atoms with E-state index < -0.39 is 0 Å². The molecule has 1 heterocycles. The average Bonchev–Trinajstić information content (AvgIpc) is 2.88. The second kappa shape index (κ2) is 8.08. The third-order valence-corrected chi connectivity index (χ3v) is 4.23. The summed E-state index contributed by atoms with van der Waals surface area (Å²) in [6.07, 6.45) is 2.56. The number of rotatable bonds is 4. The van der Waals surface area contributed by atoms with Gasteiger partial charge in [-0.25, -0.2) is 0 Å². The molecule has 6 heteroatoms. The van der Waals surface area contributed by atoms with Crippen LogP contribution in [-0.4, -0.2) is 30.9 Å². The minimum absolute atomic E-state index is 0. The lowest BCUT2D eigenvalue weighted by molar-refractivity contribution is -0.132. The van der Waals surface area contributed by atoms with Gasteiger partial charge in [0.15, 0.2) is 0 Å². The maximum atomic E-state index is 12.2. The molecule has 112 valence electrons. The predicted octanol–water partition coefficient (Wildman–Crippen LogP) is 3.69. The van der Waals surface area contributed by atoms with Crippen LogP contribution in [0.3, 0.4) is 0 Å². The summed E-state index contributed by atoms with van der Waals surface area (Å²) in [6.45, 7) is 1.54. The second-order valence-corrected chi connectivity index (χ2v) is 5.59. The standard InChI is InChI=1S/C14H18Cl2N2O.ClH/c1-17-7-6-14(19)18-8-2-3-13(18)10-4-5-11(15)12(16)9-10;/h4-5,9,13,17H,2-3,6-8H2,1H3;1H. The molecule has 1 aliphatic heterocycles. The highest BCUT2D eigenvalue weighted by Gasteiger charge is 2.29. The van der Waals surface area contributed by atoms with Gasteiger partial charge in [-0.3, -0.25) is 4.79 Å². The largest absolute Gasteiger partial charge is 0.336 e. The summed E-state index contributed by atoms with van der Waals surface area (Å²) in [4.78, 5) is 14.1. The Labute approximate surface area is 136 Å². The average molecular weight is 338 g/mol. The van der Waals surface area contributed by atoms with Gasteiger partial charge in [0, 0.05) is 19.5 Å². The van der Waals surface area contributed by atoms with Crippen molar-refractivity contribution >= 4 is 41.5 Å². The number of nitrogens with one attached hydrogen (secondary N) is 1. The molecule has 3 nitrogen and oxygen atoms in total. The third kappa shape index (κ3) is 4.01. The quantitative estimate of drug-likeness (QED) is 0.909. The van der Waals surface area contributed by atoms with Gasteiger partial charge >= 0.3 is 0 Å². The molecule has 20 heavy (non-hydrogen) atoms. The minimum Gasteiger partial charge on any atom is -0.336 e. The Morgan fingerprint density at radius 3 is 2.80 bits per heavy atom. The zero-order valence-electron chi connectivity index (χ0n) is 11.4. The normalized spacial score (nSPS) is 17.9. The molecule has 1 fully saturated rings.